The average molecular weight is 564 g/mol. The van der Waals surface area contributed by atoms with Crippen LogP contribution in [0, 0.1) is 18.8 Å². The normalized spacial score (nSPS) is 11.9. The maximum atomic E-state index is 14.1. The number of carbonyl (C=O) groups excluding carboxylic acids is 1. The summed E-state index contributed by atoms with van der Waals surface area (Å²) in [6.07, 6.45) is 8.89. The number of carbonyl (C=O) groups is 1. The monoisotopic (exact) mass is 563 g/mol. The third-order valence-electron chi connectivity index (χ3n) is 6.70. The molecule has 1 amide bonds. The summed E-state index contributed by atoms with van der Waals surface area (Å²) >= 11 is 1.50. The Kier molecular flexibility index (Phi) is 6.78. The predicted octanol–water partition coefficient (Wildman–Crippen LogP) is 3.25. The molecule has 0 saturated carbocycles. The minimum atomic E-state index is -0.549. The highest BCUT2D eigenvalue weighted by Crippen LogP contribution is 2.23. The molecule has 5 heterocycles. The van der Waals surface area contributed by atoms with E-state index >= 15 is 0 Å². The number of anilines is 1. The Morgan fingerprint density at radius 1 is 1.22 bits per heavy atom. The summed E-state index contributed by atoms with van der Waals surface area (Å²) in [5, 5.41) is 9.35. The number of imidazole rings is 1. The predicted molar refractivity (Wildman–Crippen MR) is 157 cm³/mol. The Labute approximate surface area is 238 Å². The van der Waals surface area contributed by atoms with Gasteiger partial charge in [-0.25, -0.2) is 19.5 Å². The van der Waals surface area contributed by atoms with Crippen LogP contribution >= 0.6 is 11.3 Å². The fourth-order valence-corrected chi connectivity index (χ4v) is 5.41. The number of fused-ring (bicyclic) bond motifs is 2. The number of aromatic amines is 1. The lowest BCUT2D eigenvalue weighted by Gasteiger charge is -2.21. The molecule has 41 heavy (non-hydrogen) atoms. The van der Waals surface area contributed by atoms with Crippen molar-refractivity contribution >= 4 is 39.5 Å². The van der Waals surface area contributed by atoms with Crippen molar-refractivity contribution in [1.82, 2.24) is 39.4 Å². The third-order valence-corrected chi connectivity index (χ3v) is 7.53. The number of hydrogen-bond acceptors (Lipinski definition) is 8. The number of amides is 1. The zero-order valence-electron chi connectivity index (χ0n) is 22.3. The lowest BCUT2D eigenvalue weighted by Crippen LogP contribution is -2.33. The summed E-state index contributed by atoms with van der Waals surface area (Å²) in [4.78, 5) is 44.1. The molecule has 1 atom stereocenters. The van der Waals surface area contributed by atoms with Gasteiger partial charge in [-0.3, -0.25) is 9.59 Å². The number of nitrogens with two attached hydrogens (primary N) is 1. The summed E-state index contributed by atoms with van der Waals surface area (Å²) in [5.74, 6) is 5.94. The van der Waals surface area contributed by atoms with Gasteiger partial charge >= 0.3 is 0 Å². The minimum absolute atomic E-state index is 0.0715. The molecule has 5 aromatic heterocycles. The number of nitrogens with one attached hydrogen (secondary N) is 2. The highest BCUT2D eigenvalue weighted by atomic mass is 32.1. The van der Waals surface area contributed by atoms with E-state index in [9.17, 15) is 9.59 Å². The Morgan fingerprint density at radius 3 is 2.88 bits per heavy atom. The molecule has 0 unspecified atom stereocenters. The number of rotatable bonds is 6. The Bertz CT molecular complexity index is 2030. The van der Waals surface area contributed by atoms with Crippen molar-refractivity contribution in [2.45, 2.75) is 32.9 Å². The number of aromatic nitrogens is 7. The molecule has 0 spiro atoms. The van der Waals surface area contributed by atoms with Crippen LogP contribution in [-0.4, -0.2) is 40.0 Å². The number of aryl methyl sites for hydroxylation is 2. The van der Waals surface area contributed by atoms with Crippen LogP contribution < -0.4 is 16.6 Å². The van der Waals surface area contributed by atoms with Crippen molar-refractivity contribution in [3.05, 3.63) is 104 Å². The van der Waals surface area contributed by atoms with E-state index in [-0.39, 0.29) is 16.9 Å². The maximum Gasteiger partial charge on any atom is 0.259 e. The van der Waals surface area contributed by atoms with Crippen LogP contribution in [0.5, 0.6) is 0 Å². The summed E-state index contributed by atoms with van der Waals surface area (Å²) in [6.45, 7) is 4.10. The Hall–Kier alpha value is -5.28. The number of nitrogens with zero attached hydrogens (tertiary/aromatic N) is 6. The summed E-state index contributed by atoms with van der Waals surface area (Å²) in [6, 6.07) is 8.67. The Morgan fingerprint density at radius 2 is 2.10 bits per heavy atom. The Balaban J connectivity index is 1.42. The molecule has 204 valence electrons. The number of hydrogen-bond donors (Lipinski definition) is 3. The van der Waals surface area contributed by atoms with Gasteiger partial charge in [0.15, 0.2) is 11.5 Å². The standard InChI is InChI=1S/C29H25N9O2S/c1-17(35-28(39)25-26(30)36-38-11-4-10-32-27(25)38)23-13-20-6-3-5-19(7-8-22-15-33-18(2)41-22)24(20)29(40)37(23)12-9-21-14-31-16-34-21/h3-6,10-11,13-17H,9,12H2,1-2H3,(H2,30,36)(H,31,34)(H,35,39)/t17-/m1/s1. The van der Waals surface area contributed by atoms with Crippen molar-refractivity contribution in [2.75, 3.05) is 5.73 Å². The number of benzene rings is 1. The first kappa shape index (κ1) is 26.0. The van der Waals surface area contributed by atoms with Crippen molar-refractivity contribution in [2.24, 2.45) is 0 Å². The van der Waals surface area contributed by atoms with Crippen LogP contribution in [0.3, 0.4) is 0 Å². The van der Waals surface area contributed by atoms with E-state index in [0.717, 1.165) is 21.0 Å². The largest absolute Gasteiger partial charge is 0.381 e. The molecule has 0 aliphatic heterocycles. The van der Waals surface area contributed by atoms with Crippen LogP contribution in [0.4, 0.5) is 5.82 Å². The van der Waals surface area contributed by atoms with E-state index in [0.29, 0.717) is 35.3 Å². The first-order chi connectivity index (χ1) is 19.9. The first-order valence-electron chi connectivity index (χ1n) is 12.9. The summed E-state index contributed by atoms with van der Waals surface area (Å²) in [7, 11) is 0. The van der Waals surface area contributed by atoms with E-state index in [1.54, 1.807) is 41.7 Å². The van der Waals surface area contributed by atoms with E-state index in [1.807, 2.05) is 38.1 Å². The van der Waals surface area contributed by atoms with E-state index in [4.69, 9.17) is 5.73 Å². The van der Waals surface area contributed by atoms with Crippen molar-refractivity contribution in [1.29, 1.82) is 0 Å². The van der Waals surface area contributed by atoms with Crippen LogP contribution in [0.15, 0.2) is 66.2 Å². The molecule has 6 rings (SSSR count). The molecule has 0 aliphatic rings. The zero-order valence-corrected chi connectivity index (χ0v) is 23.1. The molecule has 0 fully saturated rings. The molecule has 0 saturated heterocycles. The van der Waals surface area contributed by atoms with Crippen LogP contribution in [0.1, 0.15) is 50.2 Å². The molecular formula is C29H25N9O2S. The maximum absolute atomic E-state index is 14.1. The lowest BCUT2D eigenvalue weighted by atomic mass is 10.0. The molecule has 1 aromatic carbocycles. The molecule has 11 nitrogen and oxygen atoms in total. The third kappa shape index (κ3) is 5.06. The molecular weight excluding hydrogens is 538 g/mol. The van der Waals surface area contributed by atoms with Gasteiger partial charge in [-0.15, -0.1) is 16.4 Å². The molecule has 0 bridgehead atoms. The van der Waals surface area contributed by atoms with Gasteiger partial charge in [-0.2, -0.15) is 0 Å². The molecule has 0 radical (unpaired) electrons. The highest BCUT2D eigenvalue weighted by Gasteiger charge is 2.23. The van der Waals surface area contributed by atoms with Crippen molar-refractivity contribution in [3.63, 3.8) is 0 Å². The van der Waals surface area contributed by atoms with Crippen LogP contribution in [-0.2, 0) is 13.0 Å². The number of nitrogen functional groups attached to an aromatic ring is 1. The van der Waals surface area contributed by atoms with Gasteiger partial charge in [-0.05, 0) is 43.4 Å². The SMILES string of the molecule is Cc1ncc(C#Cc2cccc3cc([C@@H](C)NC(=O)c4c(N)nn5cccnc45)n(CCc4c[nH]cn4)c(=O)c23)s1. The topological polar surface area (TPSA) is 149 Å². The van der Waals surface area contributed by atoms with Gasteiger partial charge < -0.3 is 20.6 Å². The molecule has 6 aromatic rings. The summed E-state index contributed by atoms with van der Waals surface area (Å²) < 4.78 is 3.14. The number of H-pyrrole nitrogens is 1. The second-order valence-electron chi connectivity index (χ2n) is 9.44. The van der Waals surface area contributed by atoms with Crippen LogP contribution in [0.25, 0.3) is 16.4 Å². The molecule has 0 aliphatic carbocycles. The lowest BCUT2D eigenvalue weighted by molar-refractivity contribution is 0.0940. The van der Waals surface area contributed by atoms with Crippen molar-refractivity contribution in [3.8, 4) is 11.8 Å². The van der Waals surface area contributed by atoms with Gasteiger partial charge in [-0.1, -0.05) is 18.1 Å². The van der Waals surface area contributed by atoms with E-state index in [1.165, 1.54) is 15.9 Å². The average Bonchev–Trinajstić information content (AvgIpc) is 3.70. The quantitative estimate of drug-likeness (QED) is 0.263. The summed E-state index contributed by atoms with van der Waals surface area (Å²) in [5.41, 5.74) is 8.49. The fraction of sp³-hybridized carbons (Fsp3) is 0.172. The van der Waals surface area contributed by atoms with E-state index < -0.39 is 11.9 Å². The number of thiazole rings is 1. The smallest absolute Gasteiger partial charge is 0.259 e. The fourth-order valence-electron chi connectivity index (χ4n) is 4.78. The minimum Gasteiger partial charge on any atom is -0.381 e. The zero-order chi connectivity index (χ0) is 28.5. The van der Waals surface area contributed by atoms with Gasteiger partial charge in [0, 0.05) is 42.8 Å². The van der Waals surface area contributed by atoms with Gasteiger partial charge in [0.2, 0.25) is 0 Å². The highest BCUT2D eigenvalue weighted by molar-refractivity contribution is 7.12. The van der Waals surface area contributed by atoms with Gasteiger partial charge in [0.1, 0.15) is 5.56 Å². The van der Waals surface area contributed by atoms with Gasteiger partial charge in [0.05, 0.1) is 39.5 Å². The molecule has 4 N–H and O–H groups in total. The number of pyridine rings is 1. The second-order valence-corrected chi connectivity index (χ2v) is 10.7. The first-order valence-corrected chi connectivity index (χ1v) is 13.7. The van der Waals surface area contributed by atoms with E-state index in [2.05, 4.69) is 42.2 Å². The van der Waals surface area contributed by atoms with Crippen LogP contribution in [0.2, 0.25) is 0 Å². The second kappa shape index (κ2) is 10.7. The van der Waals surface area contributed by atoms with Crippen molar-refractivity contribution < 1.29 is 4.79 Å². The van der Waals surface area contributed by atoms with Gasteiger partial charge in [0.25, 0.3) is 11.5 Å². The molecule has 12 heteroatoms.